The fourth-order valence-electron chi connectivity index (χ4n) is 1.15. The molecule has 4 heteroatoms. The Morgan fingerprint density at radius 1 is 1.36 bits per heavy atom. The van der Waals surface area contributed by atoms with Crippen molar-refractivity contribution in [1.29, 1.82) is 0 Å². The van der Waals surface area contributed by atoms with Crippen LogP contribution < -0.4 is 11.1 Å². The van der Waals surface area contributed by atoms with Crippen LogP contribution in [-0.4, -0.2) is 11.4 Å². The predicted octanol–water partition coefficient (Wildman–Crippen LogP) is 1.88. The van der Waals surface area contributed by atoms with Crippen LogP contribution in [0.4, 0.5) is 5.69 Å². The Labute approximate surface area is 90.8 Å². The van der Waals surface area contributed by atoms with Gasteiger partial charge in [-0.2, -0.15) is 0 Å². The minimum Gasteiger partial charge on any atom is -0.324 e. The van der Waals surface area contributed by atoms with E-state index in [1.165, 1.54) is 0 Å². The van der Waals surface area contributed by atoms with Crippen LogP contribution in [0.3, 0.4) is 0 Å². The maximum Gasteiger partial charge on any atom is 0.244 e. The molecule has 1 aromatic carbocycles. The zero-order valence-electron chi connectivity index (χ0n) is 7.59. The van der Waals surface area contributed by atoms with E-state index in [1.54, 1.807) is 0 Å². The van der Waals surface area contributed by atoms with Crippen LogP contribution >= 0.6 is 15.9 Å². The smallest absolute Gasteiger partial charge is 0.244 e. The van der Waals surface area contributed by atoms with E-state index in [4.69, 9.17) is 5.73 Å². The van der Waals surface area contributed by atoms with Crippen molar-refractivity contribution in [2.75, 3.05) is 5.32 Å². The van der Waals surface area contributed by atoms with Crippen LogP contribution in [0.2, 0.25) is 0 Å². The third-order valence-corrected chi connectivity index (χ3v) is 2.87. The zero-order valence-corrected chi connectivity index (χ0v) is 9.17. The van der Waals surface area contributed by atoms with Gasteiger partial charge in [-0.05, 0) is 37.1 Å². The van der Waals surface area contributed by atoms with Gasteiger partial charge in [0.1, 0.15) is 0 Å². The molecule has 3 N–H and O–H groups in total. The van der Waals surface area contributed by atoms with Crippen LogP contribution in [0.25, 0.3) is 0 Å². The van der Waals surface area contributed by atoms with E-state index in [-0.39, 0.29) is 5.91 Å². The van der Waals surface area contributed by atoms with Crippen LogP contribution in [0.15, 0.2) is 28.7 Å². The summed E-state index contributed by atoms with van der Waals surface area (Å²) < 4.78 is 0.990. The molecule has 1 aromatic rings. The normalized spacial score (nSPS) is 17.6. The first-order chi connectivity index (χ1) is 6.60. The number of nitrogens with one attached hydrogen (secondary N) is 1. The molecule has 3 nitrogen and oxygen atoms in total. The number of carbonyl (C=O) groups excluding carboxylic acids is 1. The third-order valence-electron chi connectivity index (χ3n) is 2.34. The summed E-state index contributed by atoms with van der Waals surface area (Å²) >= 11 is 3.33. The summed E-state index contributed by atoms with van der Waals surface area (Å²) in [5, 5.41) is 2.79. The molecule has 0 heterocycles. The molecular formula is C10H11BrN2O. The second-order valence-electron chi connectivity index (χ2n) is 3.62. The molecule has 2 rings (SSSR count). The van der Waals surface area contributed by atoms with Crippen molar-refractivity contribution in [3.05, 3.63) is 28.7 Å². The quantitative estimate of drug-likeness (QED) is 0.847. The molecule has 0 saturated heterocycles. The van der Waals surface area contributed by atoms with E-state index in [1.807, 2.05) is 24.3 Å². The number of carbonyl (C=O) groups is 1. The third kappa shape index (κ3) is 1.96. The first-order valence-corrected chi connectivity index (χ1v) is 5.25. The average Bonchev–Trinajstić information content (AvgIpc) is 2.89. The summed E-state index contributed by atoms with van der Waals surface area (Å²) in [4.78, 5) is 11.5. The Morgan fingerprint density at radius 2 is 1.93 bits per heavy atom. The lowest BCUT2D eigenvalue weighted by atomic mass is 10.2. The minimum absolute atomic E-state index is 0.0835. The van der Waals surface area contributed by atoms with Crippen molar-refractivity contribution in [2.45, 2.75) is 18.4 Å². The van der Waals surface area contributed by atoms with Gasteiger partial charge in [-0.15, -0.1) is 0 Å². The number of hydrogen-bond donors (Lipinski definition) is 2. The molecule has 74 valence electrons. The van der Waals surface area contributed by atoms with Gasteiger partial charge in [0.25, 0.3) is 0 Å². The highest BCUT2D eigenvalue weighted by Gasteiger charge is 2.45. The number of halogens is 1. The molecule has 14 heavy (non-hydrogen) atoms. The molecular weight excluding hydrogens is 244 g/mol. The van der Waals surface area contributed by atoms with Crippen LogP contribution in [0.5, 0.6) is 0 Å². The van der Waals surface area contributed by atoms with Crippen molar-refractivity contribution in [2.24, 2.45) is 5.73 Å². The number of amides is 1. The second-order valence-corrected chi connectivity index (χ2v) is 4.53. The van der Waals surface area contributed by atoms with Gasteiger partial charge in [0.05, 0.1) is 5.54 Å². The van der Waals surface area contributed by atoms with Gasteiger partial charge in [0.15, 0.2) is 0 Å². The van der Waals surface area contributed by atoms with Crippen LogP contribution in [0.1, 0.15) is 12.8 Å². The van der Waals surface area contributed by atoms with Gasteiger partial charge < -0.3 is 11.1 Å². The summed E-state index contributed by atoms with van der Waals surface area (Å²) in [6, 6.07) is 7.44. The molecule has 1 saturated carbocycles. The summed E-state index contributed by atoms with van der Waals surface area (Å²) in [5.41, 5.74) is 5.93. The van der Waals surface area contributed by atoms with Crippen molar-refractivity contribution >= 4 is 27.5 Å². The number of hydrogen-bond acceptors (Lipinski definition) is 2. The van der Waals surface area contributed by atoms with E-state index in [0.29, 0.717) is 0 Å². The summed E-state index contributed by atoms with van der Waals surface area (Å²) in [7, 11) is 0. The Bertz CT molecular complexity index is 357. The Morgan fingerprint density at radius 3 is 2.43 bits per heavy atom. The first-order valence-electron chi connectivity index (χ1n) is 4.46. The van der Waals surface area contributed by atoms with Gasteiger partial charge in [-0.3, -0.25) is 4.79 Å². The fraction of sp³-hybridized carbons (Fsp3) is 0.300. The highest BCUT2D eigenvalue weighted by atomic mass is 79.9. The van der Waals surface area contributed by atoms with Gasteiger partial charge in [0.2, 0.25) is 5.91 Å². The lowest BCUT2D eigenvalue weighted by Gasteiger charge is -2.09. The Kier molecular flexibility index (Phi) is 2.33. The van der Waals surface area contributed by atoms with Gasteiger partial charge in [-0.1, -0.05) is 15.9 Å². The molecule has 0 aromatic heterocycles. The molecule has 0 unspecified atom stereocenters. The van der Waals surface area contributed by atoms with Crippen molar-refractivity contribution in [3.63, 3.8) is 0 Å². The van der Waals surface area contributed by atoms with Crippen molar-refractivity contribution in [3.8, 4) is 0 Å². The van der Waals surface area contributed by atoms with Crippen molar-refractivity contribution < 1.29 is 4.79 Å². The summed E-state index contributed by atoms with van der Waals surface area (Å²) in [6.45, 7) is 0. The molecule has 1 amide bonds. The molecule has 0 aliphatic heterocycles. The molecule has 0 bridgehead atoms. The number of anilines is 1. The summed E-state index contributed by atoms with van der Waals surface area (Å²) in [5.74, 6) is -0.0835. The van der Waals surface area contributed by atoms with Gasteiger partial charge >= 0.3 is 0 Å². The number of benzene rings is 1. The zero-order chi connectivity index (χ0) is 10.2. The van der Waals surface area contributed by atoms with Crippen molar-refractivity contribution in [1.82, 2.24) is 0 Å². The topological polar surface area (TPSA) is 55.1 Å². The maximum atomic E-state index is 11.5. The van der Waals surface area contributed by atoms with E-state index in [9.17, 15) is 4.79 Å². The standard InChI is InChI=1S/C10H11BrN2O/c11-7-1-3-8(4-2-7)13-9(14)10(12)5-6-10/h1-4H,5-6,12H2,(H,13,14). The average molecular weight is 255 g/mol. The molecule has 1 fully saturated rings. The minimum atomic E-state index is -0.604. The maximum absolute atomic E-state index is 11.5. The molecule has 1 aliphatic rings. The van der Waals surface area contributed by atoms with E-state index >= 15 is 0 Å². The lowest BCUT2D eigenvalue weighted by molar-refractivity contribution is -0.118. The largest absolute Gasteiger partial charge is 0.324 e. The highest BCUT2D eigenvalue weighted by Crippen LogP contribution is 2.33. The SMILES string of the molecule is NC1(C(=O)Nc2ccc(Br)cc2)CC1. The monoisotopic (exact) mass is 254 g/mol. The van der Waals surface area contributed by atoms with E-state index in [2.05, 4.69) is 21.2 Å². The number of nitrogens with two attached hydrogens (primary N) is 1. The van der Waals surface area contributed by atoms with E-state index in [0.717, 1.165) is 23.0 Å². The molecule has 0 radical (unpaired) electrons. The van der Waals surface area contributed by atoms with Crippen LogP contribution in [-0.2, 0) is 4.79 Å². The fourth-order valence-corrected chi connectivity index (χ4v) is 1.41. The summed E-state index contributed by atoms with van der Waals surface area (Å²) in [6.07, 6.45) is 1.57. The first kappa shape index (κ1) is 9.68. The Balaban J connectivity index is 2.04. The molecule has 0 spiro atoms. The second kappa shape index (κ2) is 3.37. The predicted molar refractivity (Wildman–Crippen MR) is 58.9 cm³/mol. The molecule has 1 aliphatic carbocycles. The van der Waals surface area contributed by atoms with Gasteiger partial charge in [-0.25, -0.2) is 0 Å². The Hall–Kier alpha value is -0.870. The molecule has 0 atom stereocenters. The van der Waals surface area contributed by atoms with Gasteiger partial charge in [0, 0.05) is 10.2 Å². The number of rotatable bonds is 2. The highest BCUT2D eigenvalue weighted by molar-refractivity contribution is 9.10. The lowest BCUT2D eigenvalue weighted by Crippen LogP contribution is -2.37. The van der Waals surface area contributed by atoms with E-state index < -0.39 is 5.54 Å². The van der Waals surface area contributed by atoms with Crippen LogP contribution in [0, 0.1) is 0 Å².